The Balaban J connectivity index is 1.51. The average molecular weight is 370 g/mol. The van der Waals surface area contributed by atoms with E-state index in [1.54, 1.807) is 0 Å². The van der Waals surface area contributed by atoms with Crippen molar-refractivity contribution in [3.05, 3.63) is 84.1 Å². The number of fused-ring (bicyclic) bond motifs is 3. The Bertz CT molecular complexity index is 1070. The van der Waals surface area contributed by atoms with Gasteiger partial charge >= 0.3 is 0 Å². The summed E-state index contributed by atoms with van der Waals surface area (Å²) in [5.41, 5.74) is 3.71. The molecular formula is C26H27NO. The monoisotopic (exact) mass is 369 g/mol. The van der Waals surface area contributed by atoms with Crippen LogP contribution in [-0.4, -0.2) is 11.1 Å². The molecule has 28 heavy (non-hydrogen) atoms. The molecule has 0 saturated heterocycles. The van der Waals surface area contributed by atoms with Crippen LogP contribution in [0.4, 0.5) is 0 Å². The number of aryl methyl sites for hydroxylation is 2. The van der Waals surface area contributed by atoms with Crippen molar-refractivity contribution >= 4 is 21.7 Å². The minimum absolute atomic E-state index is 0.186. The van der Waals surface area contributed by atoms with Gasteiger partial charge in [0.05, 0.1) is 11.6 Å². The molecule has 1 atom stereocenters. The van der Waals surface area contributed by atoms with Gasteiger partial charge in [0.15, 0.2) is 0 Å². The van der Waals surface area contributed by atoms with Gasteiger partial charge in [-0.1, -0.05) is 61.5 Å². The predicted molar refractivity (Wildman–Crippen MR) is 118 cm³/mol. The maximum Gasteiger partial charge on any atom is 0.122 e. The second kappa shape index (κ2) is 8.43. The van der Waals surface area contributed by atoms with Crippen molar-refractivity contribution in [2.45, 2.75) is 45.6 Å². The van der Waals surface area contributed by atoms with Crippen molar-refractivity contribution in [2.75, 3.05) is 0 Å². The zero-order valence-corrected chi connectivity index (χ0v) is 16.7. The van der Waals surface area contributed by atoms with Gasteiger partial charge in [-0.2, -0.15) is 0 Å². The average Bonchev–Trinajstić information content (AvgIpc) is 2.73. The van der Waals surface area contributed by atoms with E-state index < -0.39 is 0 Å². The van der Waals surface area contributed by atoms with Crippen LogP contribution in [0.2, 0.25) is 0 Å². The Morgan fingerprint density at radius 2 is 1.75 bits per heavy atom. The van der Waals surface area contributed by atoms with Gasteiger partial charge in [-0.3, -0.25) is 4.98 Å². The number of benzene rings is 3. The first kappa shape index (κ1) is 18.5. The molecule has 0 N–H and O–H groups in total. The first-order valence-corrected chi connectivity index (χ1v) is 10.3. The second-order valence-corrected chi connectivity index (χ2v) is 7.48. The summed E-state index contributed by atoms with van der Waals surface area (Å²) in [5.74, 6) is 0.930. The summed E-state index contributed by atoms with van der Waals surface area (Å²) in [5, 5.41) is 3.71. The van der Waals surface area contributed by atoms with Crippen LogP contribution < -0.4 is 4.74 Å². The molecule has 0 aliphatic rings. The lowest BCUT2D eigenvalue weighted by molar-refractivity contribution is 0.208. The number of rotatable bonds is 7. The molecule has 0 fully saturated rings. The van der Waals surface area contributed by atoms with Crippen molar-refractivity contribution < 1.29 is 4.74 Å². The fourth-order valence-electron chi connectivity index (χ4n) is 3.92. The fourth-order valence-corrected chi connectivity index (χ4v) is 3.92. The van der Waals surface area contributed by atoms with Crippen molar-refractivity contribution in [3.8, 4) is 5.75 Å². The standard InChI is InChI=1S/C26H27NO/c1-3-21-16-23(28-19(2)10-9-13-20-11-5-4-6-12-20)17-25-26(21)24-15-8-7-14-22(24)18-27-25/h4-8,11-12,14-19H,3,9-10,13H2,1-2H3. The van der Waals surface area contributed by atoms with Crippen molar-refractivity contribution in [2.24, 2.45) is 0 Å². The summed E-state index contributed by atoms with van der Waals surface area (Å²) in [6.07, 6.45) is 6.38. The SMILES string of the molecule is CCc1cc(OC(C)CCCc2ccccc2)cc2ncc3ccccc3c12. The van der Waals surface area contributed by atoms with Crippen molar-refractivity contribution in [1.29, 1.82) is 0 Å². The van der Waals surface area contributed by atoms with Crippen molar-refractivity contribution in [1.82, 2.24) is 4.98 Å². The molecule has 1 aromatic heterocycles. The first-order valence-electron chi connectivity index (χ1n) is 10.3. The number of nitrogens with zero attached hydrogens (tertiary/aromatic N) is 1. The molecule has 1 unspecified atom stereocenters. The quantitative estimate of drug-likeness (QED) is 0.337. The lowest BCUT2D eigenvalue weighted by Gasteiger charge is -2.17. The summed E-state index contributed by atoms with van der Waals surface area (Å²) in [6, 6.07) is 23.4. The molecule has 2 nitrogen and oxygen atoms in total. The lowest BCUT2D eigenvalue weighted by atomic mass is 10.00. The third-order valence-electron chi connectivity index (χ3n) is 5.38. The third-order valence-corrected chi connectivity index (χ3v) is 5.38. The molecule has 142 valence electrons. The van der Waals surface area contributed by atoms with Gasteiger partial charge in [-0.25, -0.2) is 0 Å². The van der Waals surface area contributed by atoms with Crippen LogP contribution in [0, 0.1) is 0 Å². The summed E-state index contributed by atoms with van der Waals surface area (Å²) < 4.78 is 6.27. The first-order chi connectivity index (χ1) is 13.7. The highest BCUT2D eigenvalue weighted by Crippen LogP contribution is 2.31. The lowest BCUT2D eigenvalue weighted by Crippen LogP contribution is -2.12. The largest absolute Gasteiger partial charge is 0.491 e. The molecular weight excluding hydrogens is 342 g/mol. The van der Waals surface area contributed by atoms with Crippen molar-refractivity contribution in [3.63, 3.8) is 0 Å². The molecule has 1 heterocycles. The zero-order chi connectivity index (χ0) is 19.3. The molecule has 3 aromatic carbocycles. The highest BCUT2D eigenvalue weighted by molar-refractivity contribution is 6.07. The Labute approximate surface area is 167 Å². The molecule has 0 amide bonds. The van der Waals surface area contributed by atoms with Crippen LogP contribution >= 0.6 is 0 Å². The highest BCUT2D eigenvalue weighted by Gasteiger charge is 2.11. The number of pyridine rings is 1. The van der Waals surface area contributed by atoms with Crippen LogP contribution in [0.25, 0.3) is 21.7 Å². The minimum Gasteiger partial charge on any atom is -0.491 e. The van der Waals surface area contributed by atoms with E-state index in [9.17, 15) is 0 Å². The van der Waals surface area contributed by atoms with Crippen LogP contribution in [0.3, 0.4) is 0 Å². The molecule has 0 bridgehead atoms. The van der Waals surface area contributed by atoms with E-state index in [1.807, 2.05) is 6.20 Å². The van der Waals surface area contributed by atoms with Gasteiger partial charge in [-0.05, 0) is 55.2 Å². The Kier molecular flexibility index (Phi) is 5.57. The Hall–Kier alpha value is -2.87. The molecule has 4 aromatic rings. The zero-order valence-electron chi connectivity index (χ0n) is 16.7. The van der Waals surface area contributed by atoms with Gasteiger partial charge in [0.1, 0.15) is 5.75 Å². The van der Waals surface area contributed by atoms with Gasteiger partial charge in [0, 0.05) is 23.0 Å². The number of hydrogen-bond donors (Lipinski definition) is 0. The van der Waals surface area contributed by atoms with Crippen LogP contribution in [0.1, 0.15) is 37.8 Å². The van der Waals surface area contributed by atoms with Crippen LogP contribution in [-0.2, 0) is 12.8 Å². The molecule has 0 spiro atoms. The normalized spacial score (nSPS) is 12.4. The van der Waals surface area contributed by atoms with Crippen LogP contribution in [0.5, 0.6) is 5.75 Å². The Morgan fingerprint density at radius 1 is 0.964 bits per heavy atom. The topological polar surface area (TPSA) is 22.1 Å². The number of hydrogen-bond acceptors (Lipinski definition) is 2. The smallest absolute Gasteiger partial charge is 0.122 e. The van der Waals surface area contributed by atoms with E-state index >= 15 is 0 Å². The fraction of sp³-hybridized carbons (Fsp3) is 0.269. The highest BCUT2D eigenvalue weighted by atomic mass is 16.5. The maximum atomic E-state index is 6.27. The number of ether oxygens (including phenoxy) is 1. The molecule has 4 rings (SSSR count). The van der Waals surface area contributed by atoms with E-state index in [0.717, 1.165) is 36.9 Å². The summed E-state index contributed by atoms with van der Waals surface area (Å²) in [4.78, 5) is 4.71. The van der Waals surface area contributed by atoms with E-state index in [2.05, 4.69) is 80.6 Å². The van der Waals surface area contributed by atoms with Crippen LogP contribution in [0.15, 0.2) is 72.9 Å². The second-order valence-electron chi connectivity index (χ2n) is 7.48. The third kappa shape index (κ3) is 4.01. The van der Waals surface area contributed by atoms with E-state index in [0.29, 0.717) is 0 Å². The van der Waals surface area contributed by atoms with E-state index in [4.69, 9.17) is 9.72 Å². The summed E-state index contributed by atoms with van der Waals surface area (Å²) in [6.45, 7) is 4.36. The molecule has 0 aliphatic carbocycles. The van der Waals surface area contributed by atoms with Gasteiger partial charge in [-0.15, -0.1) is 0 Å². The molecule has 0 saturated carbocycles. The minimum atomic E-state index is 0.186. The predicted octanol–water partition coefficient (Wildman–Crippen LogP) is 6.74. The van der Waals surface area contributed by atoms with Gasteiger partial charge < -0.3 is 4.74 Å². The maximum absolute atomic E-state index is 6.27. The van der Waals surface area contributed by atoms with E-state index in [-0.39, 0.29) is 6.10 Å². The summed E-state index contributed by atoms with van der Waals surface area (Å²) in [7, 11) is 0. The van der Waals surface area contributed by atoms with Gasteiger partial charge in [0.2, 0.25) is 0 Å². The molecule has 0 aliphatic heterocycles. The number of aromatic nitrogens is 1. The summed E-state index contributed by atoms with van der Waals surface area (Å²) >= 11 is 0. The van der Waals surface area contributed by atoms with Gasteiger partial charge in [0.25, 0.3) is 0 Å². The molecule has 0 radical (unpaired) electrons. The van der Waals surface area contributed by atoms with E-state index in [1.165, 1.54) is 27.3 Å². The Morgan fingerprint density at radius 3 is 2.57 bits per heavy atom. The molecule has 2 heteroatoms.